The fourth-order valence-electron chi connectivity index (χ4n) is 3.27. The molecule has 0 radical (unpaired) electrons. The van der Waals surface area contributed by atoms with Crippen LogP contribution in [0.15, 0.2) is 30.3 Å². The summed E-state index contributed by atoms with van der Waals surface area (Å²) >= 11 is 0. The largest absolute Gasteiger partial charge is 0.382 e. The number of rotatable bonds is 7. The van der Waals surface area contributed by atoms with Crippen LogP contribution >= 0.6 is 0 Å². The van der Waals surface area contributed by atoms with E-state index in [1.54, 1.807) is 0 Å². The van der Waals surface area contributed by atoms with Crippen LogP contribution in [0.1, 0.15) is 24.2 Å². The summed E-state index contributed by atoms with van der Waals surface area (Å²) in [6, 6.07) is 9.48. The van der Waals surface area contributed by atoms with Crippen molar-refractivity contribution in [2.45, 2.75) is 20.0 Å². The first-order chi connectivity index (χ1) is 11.1. The van der Waals surface area contributed by atoms with E-state index in [0.717, 1.165) is 57.9 Å². The number of likely N-dealkylation sites (N-methyl/N-ethyl adjacent to an activating group) is 1. The molecule has 1 aliphatic rings. The Balaban J connectivity index is 1.76. The maximum absolute atomic E-state index is 12.4. The molecule has 1 saturated heterocycles. The molecule has 0 bridgehead atoms. The number of hydrogen-bond acceptors (Lipinski definition) is 2. The molecule has 1 amide bonds. The fourth-order valence-corrected chi connectivity index (χ4v) is 3.27. The van der Waals surface area contributed by atoms with E-state index >= 15 is 0 Å². The molecule has 0 aromatic heterocycles. The van der Waals surface area contributed by atoms with Gasteiger partial charge in [0.05, 0.1) is 39.3 Å². The standard InChI is InChI=1S/C18H29N3O2/c1-3-19(4-2)14-17(22)15-20-10-12-21(13-11-20)18(23)16-8-6-5-7-9-16/h5-9,17,22H,3-4,10-15H2,1-2H3/p+2/t17-/m1/s1. The van der Waals surface area contributed by atoms with Crippen LogP contribution in [0.25, 0.3) is 0 Å². The second kappa shape index (κ2) is 9.01. The zero-order valence-electron chi connectivity index (χ0n) is 14.4. The molecule has 1 fully saturated rings. The highest BCUT2D eigenvalue weighted by atomic mass is 16.3. The molecule has 3 N–H and O–H groups in total. The predicted octanol–water partition coefficient (Wildman–Crippen LogP) is -1.69. The molecule has 1 atom stereocenters. The number of hydrogen-bond donors (Lipinski definition) is 3. The third-order valence-corrected chi connectivity index (χ3v) is 4.83. The fraction of sp³-hybridized carbons (Fsp3) is 0.611. The Bertz CT molecular complexity index is 468. The lowest BCUT2D eigenvalue weighted by atomic mass is 10.2. The van der Waals surface area contributed by atoms with Gasteiger partial charge >= 0.3 is 0 Å². The van der Waals surface area contributed by atoms with E-state index in [4.69, 9.17) is 0 Å². The lowest BCUT2D eigenvalue weighted by molar-refractivity contribution is -0.925. The van der Waals surface area contributed by atoms with Gasteiger partial charge in [-0.05, 0) is 26.0 Å². The van der Waals surface area contributed by atoms with Crippen molar-refractivity contribution in [1.82, 2.24) is 4.90 Å². The van der Waals surface area contributed by atoms with E-state index in [-0.39, 0.29) is 12.0 Å². The molecule has 1 heterocycles. The van der Waals surface area contributed by atoms with Gasteiger partial charge in [-0.2, -0.15) is 0 Å². The summed E-state index contributed by atoms with van der Waals surface area (Å²) in [5.41, 5.74) is 0.765. The maximum atomic E-state index is 12.4. The molecule has 128 valence electrons. The summed E-state index contributed by atoms with van der Waals surface area (Å²) < 4.78 is 0. The van der Waals surface area contributed by atoms with Crippen molar-refractivity contribution < 1.29 is 19.7 Å². The SMILES string of the molecule is CC[NH+](CC)C[C@@H](O)C[NH+]1CCN(C(=O)c2ccccc2)CC1. The molecule has 1 aromatic carbocycles. The topological polar surface area (TPSA) is 49.4 Å². The van der Waals surface area contributed by atoms with Crippen LogP contribution in [0.5, 0.6) is 0 Å². The average molecular weight is 321 g/mol. The molecule has 5 nitrogen and oxygen atoms in total. The molecule has 1 aromatic rings. The number of carbonyl (C=O) groups excluding carboxylic acids is 1. The van der Waals surface area contributed by atoms with Gasteiger partial charge in [0.25, 0.3) is 5.91 Å². The molecule has 2 rings (SSSR count). The molecule has 1 aliphatic heterocycles. The average Bonchev–Trinajstić information content (AvgIpc) is 2.60. The number of amides is 1. The van der Waals surface area contributed by atoms with Gasteiger partial charge in [-0.25, -0.2) is 0 Å². The molecule has 0 unspecified atom stereocenters. The third kappa shape index (κ3) is 5.30. The van der Waals surface area contributed by atoms with Crippen LogP contribution in [0, 0.1) is 0 Å². The van der Waals surface area contributed by atoms with Crippen LogP contribution in [-0.2, 0) is 0 Å². The minimum Gasteiger partial charge on any atom is -0.382 e. The van der Waals surface area contributed by atoms with Gasteiger partial charge < -0.3 is 19.8 Å². The summed E-state index contributed by atoms with van der Waals surface area (Å²) in [5, 5.41) is 10.3. The molecular weight excluding hydrogens is 290 g/mol. The van der Waals surface area contributed by atoms with Crippen molar-refractivity contribution in [3.8, 4) is 0 Å². The van der Waals surface area contributed by atoms with Gasteiger partial charge in [0, 0.05) is 5.56 Å². The van der Waals surface area contributed by atoms with E-state index in [9.17, 15) is 9.90 Å². The van der Waals surface area contributed by atoms with Gasteiger partial charge in [0.15, 0.2) is 6.10 Å². The summed E-state index contributed by atoms with van der Waals surface area (Å²) in [7, 11) is 0. The summed E-state index contributed by atoms with van der Waals surface area (Å²) in [4.78, 5) is 17.2. The van der Waals surface area contributed by atoms with E-state index in [1.807, 2.05) is 35.2 Å². The first-order valence-electron chi connectivity index (χ1n) is 8.83. The van der Waals surface area contributed by atoms with E-state index in [2.05, 4.69) is 13.8 Å². The van der Waals surface area contributed by atoms with Crippen molar-refractivity contribution in [3.63, 3.8) is 0 Å². The Morgan fingerprint density at radius 2 is 1.83 bits per heavy atom. The minimum atomic E-state index is -0.253. The summed E-state index contributed by atoms with van der Waals surface area (Å²) in [6.07, 6.45) is -0.253. The van der Waals surface area contributed by atoms with Crippen LogP contribution in [0.3, 0.4) is 0 Å². The number of aliphatic hydroxyl groups is 1. The summed E-state index contributed by atoms with van der Waals surface area (Å²) in [5.74, 6) is 0.123. The van der Waals surface area contributed by atoms with Crippen LogP contribution in [-0.4, -0.2) is 74.4 Å². The van der Waals surface area contributed by atoms with Crippen molar-refractivity contribution in [3.05, 3.63) is 35.9 Å². The Hall–Kier alpha value is -1.43. The van der Waals surface area contributed by atoms with Gasteiger partial charge in [-0.3, -0.25) is 4.79 Å². The predicted molar refractivity (Wildman–Crippen MR) is 90.8 cm³/mol. The number of quaternary nitrogens is 2. The van der Waals surface area contributed by atoms with Gasteiger partial charge in [0.2, 0.25) is 0 Å². The molecule has 5 heteroatoms. The van der Waals surface area contributed by atoms with Gasteiger partial charge in [-0.1, -0.05) is 18.2 Å². The Morgan fingerprint density at radius 1 is 1.22 bits per heavy atom. The van der Waals surface area contributed by atoms with Crippen molar-refractivity contribution >= 4 is 5.91 Å². The van der Waals surface area contributed by atoms with Crippen LogP contribution in [0.4, 0.5) is 0 Å². The lowest BCUT2D eigenvalue weighted by Gasteiger charge is -2.33. The molecular formula is C18H31N3O2+2. The van der Waals surface area contributed by atoms with Crippen molar-refractivity contribution in [2.24, 2.45) is 0 Å². The highest BCUT2D eigenvalue weighted by Crippen LogP contribution is 2.04. The maximum Gasteiger partial charge on any atom is 0.254 e. The number of benzene rings is 1. The highest BCUT2D eigenvalue weighted by molar-refractivity contribution is 5.94. The number of nitrogens with zero attached hydrogens (tertiary/aromatic N) is 1. The molecule has 0 saturated carbocycles. The minimum absolute atomic E-state index is 0.123. The lowest BCUT2D eigenvalue weighted by Crippen LogP contribution is -3.18. The Morgan fingerprint density at radius 3 is 2.39 bits per heavy atom. The van der Waals surface area contributed by atoms with Crippen molar-refractivity contribution in [1.29, 1.82) is 0 Å². The molecule has 0 aliphatic carbocycles. The second-order valence-electron chi connectivity index (χ2n) is 6.43. The zero-order valence-corrected chi connectivity index (χ0v) is 14.4. The van der Waals surface area contributed by atoms with Crippen molar-refractivity contribution in [2.75, 3.05) is 52.4 Å². The third-order valence-electron chi connectivity index (χ3n) is 4.83. The molecule has 0 spiro atoms. The van der Waals surface area contributed by atoms with E-state index in [1.165, 1.54) is 9.80 Å². The first-order valence-corrected chi connectivity index (χ1v) is 8.83. The van der Waals surface area contributed by atoms with Gasteiger partial charge in [0.1, 0.15) is 13.1 Å². The zero-order chi connectivity index (χ0) is 16.7. The van der Waals surface area contributed by atoms with Crippen LogP contribution < -0.4 is 9.80 Å². The number of carbonyl (C=O) groups is 1. The monoisotopic (exact) mass is 321 g/mol. The number of nitrogens with one attached hydrogen (secondary N) is 2. The Labute approximate surface area is 139 Å². The van der Waals surface area contributed by atoms with Crippen LogP contribution in [0.2, 0.25) is 0 Å². The molecule has 23 heavy (non-hydrogen) atoms. The number of aliphatic hydroxyl groups excluding tert-OH is 1. The normalized spacial score (nSPS) is 17.5. The highest BCUT2D eigenvalue weighted by Gasteiger charge is 2.26. The summed E-state index contributed by atoms with van der Waals surface area (Å²) in [6.45, 7) is 11.4. The van der Waals surface area contributed by atoms with E-state index < -0.39 is 0 Å². The van der Waals surface area contributed by atoms with E-state index in [0.29, 0.717) is 0 Å². The first kappa shape index (κ1) is 17.9. The van der Waals surface area contributed by atoms with Gasteiger partial charge in [-0.15, -0.1) is 0 Å². The smallest absolute Gasteiger partial charge is 0.254 e. The second-order valence-corrected chi connectivity index (χ2v) is 6.43. The Kier molecular flexibility index (Phi) is 7.02. The quantitative estimate of drug-likeness (QED) is 0.561. The number of piperazine rings is 1.